The van der Waals surface area contributed by atoms with E-state index in [-0.39, 0.29) is 0 Å². The Balaban J connectivity index is 1.95. The summed E-state index contributed by atoms with van der Waals surface area (Å²) >= 11 is 5.91. The van der Waals surface area contributed by atoms with Crippen LogP contribution in [0.15, 0.2) is 53.6 Å². The lowest BCUT2D eigenvalue weighted by Gasteiger charge is -2.06. The third-order valence-corrected chi connectivity index (χ3v) is 3.25. The molecule has 0 heterocycles. The number of amides is 2. The topological polar surface area (TPSA) is 79.8 Å². The Kier molecular flexibility index (Phi) is 6.33. The predicted octanol–water partition coefficient (Wildman–Crippen LogP) is 2.83. The molecule has 0 spiro atoms. The van der Waals surface area contributed by atoms with Gasteiger partial charge in [-0.05, 0) is 31.2 Å². The number of hydrazone groups is 1. The highest BCUT2D eigenvalue weighted by atomic mass is 35.5. The largest absolute Gasteiger partial charge is 0.493 e. The first-order valence-corrected chi connectivity index (χ1v) is 7.60. The Labute approximate surface area is 144 Å². The number of rotatable bonds is 5. The molecular formula is C17H16ClN3O3. The van der Waals surface area contributed by atoms with E-state index in [0.29, 0.717) is 28.6 Å². The van der Waals surface area contributed by atoms with Crippen molar-refractivity contribution in [1.29, 1.82) is 0 Å². The molecule has 0 radical (unpaired) electrons. The average Bonchev–Trinajstić information content (AvgIpc) is 2.58. The van der Waals surface area contributed by atoms with Crippen molar-refractivity contribution in [2.24, 2.45) is 5.10 Å². The third-order valence-electron chi connectivity index (χ3n) is 2.92. The number of halogens is 1. The first-order valence-electron chi connectivity index (χ1n) is 7.22. The van der Waals surface area contributed by atoms with Crippen molar-refractivity contribution in [3.8, 4) is 5.75 Å². The van der Waals surface area contributed by atoms with E-state index in [2.05, 4.69) is 15.8 Å². The molecule has 0 aliphatic rings. The number of hydrogen-bond donors (Lipinski definition) is 2. The van der Waals surface area contributed by atoms with E-state index in [1.807, 2.05) is 19.1 Å². The van der Waals surface area contributed by atoms with Crippen molar-refractivity contribution < 1.29 is 14.3 Å². The number of carbonyl (C=O) groups is 2. The lowest BCUT2D eigenvalue weighted by Crippen LogP contribution is -2.32. The fourth-order valence-corrected chi connectivity index (χ4v) is 2.01. The Bertz CT molecular complexity index is 762. The van der Waals surface area contributed by atoms with Crippen molar-refractivity contribution in [3.63, 3.8) is 0 Å². The fourth-order valence-electron chi connectivity index (χ4n) is 1.83. The number of benzene rings is 2. The minimum atomic E-state index is -0.903. The number of carbonyl (C=O) groups excluding carboxylic acids is 2. The third kappa shape index (κ3) is 4.82. The Morgan fingerprint density at radius 2 is 1.83 bits per heavy atom. The van der Waals surface area contributed by atoms with Gasteiger partial charge in [-0.3, -0.25) is 9.59 Å². The molecule has 0 fully saturated rings. The minimum Gasteiger partial charge on any atom is -0.493 e. The molecule has 124 valence electrons. The summed E-state index contributed by atoms with van der Waals surface area (Å²) in [5.41, 5.74) is 3.20. The molecular weight excluding hydrogens is 330 g/mol. The van der Waals surface area contributed by atoms with Crippen LogP contribution in [0.25, 0.3) is 0 Å². The van der Waals surface area contributed by atoms with Gasteiger partial charge in [0.15, 0.2) is 0 Å². The molecule has 0 aliphatic carbocycles. The van der Waals surface area contributed by atoms with Crippen LogP contribution in [0.4, 0.5) is 5.69 Å². The molecule has 0 unspecified atom stereocenters. The maximum absolute atomic E-state index is 11.8. The highest BCUT2D eigenvalue weighted by Crippen LogP contribution is 2.20. The van der Waals surface area contributed by atoms with Gasteiger partial charge in [-0.25, -0.2) is 5.43 Å². The van der Waals surface area contributed by atoms with Crippen LogP contribution in [0, 0.1) is 0 Å². The van der Waals surface area contributed by atoms with Crippen LogP contribution in [-0.2, 0) is 9.59 Å². The van der Waals surface area contributed by atoms with Crippen LogP contribution < -0.4 is 15.5 Å². The Hall–Kier alpha value is -2.86. The molecule has 0 aliphatic heterocycles. The summed E-state index contributed by atoms with van der Waals surface area (Å²) in [6.45, 7) is 2.38. The second-order valence-electron chi connectivity index (χ2n) is 4.60. The molecule has 0 aromatic heterocycles. The van der Waals surface area contributed by atoms with E-state index in [9.17, 15) is 9.59 Å². The van der Waals surface area contributed by atoms with E-state index in [4.69, 9.17) is 16.3 Å². The smallest absolute Gasteiger partial charge is 0.329 e. The fraction of sp³-hybridized carbons (Fsp3) is 0.118. The van der Waals surface area contributed by atoms with E-state index in [0.717, 1.165) is 0 Å². The normalized spacial score (nSPS) is 10.4. The van der Waals surface area contributed by atoms with E-state index in [1.165, 1.54) is 6.21 Å². The SMILES string of the molecule is CCOc1ccccc1/C=N\NC(=O)C(=O)Nc1ccccc1Cl. The van der Waals surface area contributed by atoms with Crippen molar-refractivity contribution in [2.45, 2.75) is 6.92 Å². The van der Waals surface area contributed by atoms with Gasteiger partial charge in [0.1, 0.15) is 5.75 Å². The van der Waals surface area contributed by atoms with Gasteiger partial charge in [0.25, 0.3) is 0 Å². The Morgan fingerprint density at radius 3 is 2.58 bits per heavy atom. The molecule has 0 saturated carbocycles. The number of ether oxygens (including phenoxy) is 1. The monoisotopic (exact) mass is 345 g/mol. The highest BCUT2D eigenvalue weighted by Gasteiger charge is 2.14. The maximum Gasteiger partial charge on any atom is 0.329 e. The molecule has 6 nitrogen and oxygen atoms in total. The zero-order chi connectivity index (χ0) is 17.4. The molecule has 2 aromatic rings. The van der Waals surface area contributed by atoms with Crippen LogP contribution in [-0.4, -0.2) is 24.6 Å². The number of hydrogen-bond acceptors (Lipinski definition) is 4. The number of nitrogens with zero attached hydrogens (tertiary/aromatic N) is 1. The molecule has 0 atom stereocenters. The standard InChI is InChI=1S/C17H16ClN3O3/c1-2-24-15-10-6-3-7-12(15)11-19-21-17(23)16(22)20-14-9-5-4-8-13(14)18/h3-11H,2H2,1H3,(H,20,22)(H,21,23)/b19-11-. The first-order chi connectivity index (χ1) is 11.6. The second-order valence-corrected chi connectivity index (χ2v) is 5.01. The molecule has 24 heavy (non-hydrogen) atoms. The van der Waals surface area contributed by atoms with Gasteiger partial charge in [-0.1, -0.05) is 35.9 Å². The molecule has 0 bridgehead atoms. The number of nitrogens with one attached hydrogen (secondary N) is 2. The van der Waals surface area contributed by atoms with Gasteiger partial charge < -0.3 is 10.1 Å². The molecule has 2 amide bonds. The Morgan fingerprint density at radius 1 is 1.12 bits per heavy atom. The lowest BCUT2D eigenvalue weighted by atomic mass is 10.2. The van der Waals surface area contributed by atoms with Crippen molar-refractivity contribution in [3.05, 3.63) is 59.1 Å². The van der Waals surface area contributed by atoms with Crippen LogP contribution in [0.3, 0.4) is 0 Å². The summed E-state index contributed by atoms with van der Waals surface area (Å²) in [5, 5.41) is 6.52. The lowest BCUT2D eigenvalue weighted by molar-refractivity contribution is -0.136. The van der Waals surface area contributed by atoms with E-state index >= 15 is 0 Å². The summed E-state index contributed by atoms with van der Waals surface area (Å²) in [7, 11) is 0. The number of para-hydroxylation sites is 2. The quantitative estimate of drug-likeness (QED) is 0.497. The highest BCUT2D eigenvalue weighted by molar-refractivity contribution is 6.41. The molecule has 2 rings (SSSR count). The van der Waals surface area contributed by atoms with Gasteiger partial charge in [-0.15, -0.1) is 0 Å². The van der Waals surface area contributed by atoms with Crippen LogP contribution in [0.1, 0.15) is 12.5 Å². The summed E-state index contributed by atoms with van der Waals surface area (Å²) in [5.74, 6) is -1.13. The average molecular weight is 346 g/mol. The van der Waals surface area contributed by atoms with Gasteiger partial charge in [0.2, 0.25) is 0 Å². The van der Waals surface area contributed by atoms with E-state index < -0.39 is 11.8 Å². The summed E-state index contributed by atoms with van der Waals surface area (Å²) < 4.78 is 5.44. The van der Waals surface area contributed by atoms with Crippen LogP contribution >= 0.6 is 11.6 Å². The number of anilines is 1. The van der Waals surface area contributed by atoms with Crippen LogP contribution in [0.5, 0.6) is 5.75 Å². The van der Waals surface area contributed by atoms with E-state index in [1.54, 1.807) is 36.4 Å². The summed E-state index contributed by atoms with van der Waals surface area (Å²) in [6.07, 6.45) is 1.41. The summed E-state index contributed by atoms with van der Waals surface area (Å²) in [4.78, 5) is 23.5. The molecule has 2 N–H and O–H groups in total. The van der Waals surface area contributed by atoms with Gasteiger partial charge in [0.05, 0.1) is 23.5 Å². The molecule has 7 heteroatoms. The zero-order valence-corrected chi connectivity index (χ0v) is 13.7. The maximum atomic E-state index is 11.8. The van der Waals surface area contributed by atoms with Crippen molar-refractivity contribution in [1.82, 2.24) is 5.43 Å². The first kappa shape index (κ1) is 17.5. The molecule has 0 saturated heterocycles. The van der Waals surface area contributed by atoms with Gasteiger partial charge in [0, 0.05) is 5.56 Å². The van der Waals surface area contributed by atoms with Gasteiger partial charge in [-0.2, -0.15) is 5.10 Å². The second kappa shape index (κ2) is 8.69. The minimum absolute atomic E-state index is 0.341. The predicted molar refractivity (Wildman–Crippen MR) is 93.4 cm³/mol. The molecule has 2 aromatic carbocycles. The van der Waals surface area contributed by atoms with Crippen molar-refractivity contribution in [2.75, 3.05) is 11.9 Å². The van der Waals surface area contributed by atoms with Gasteiger partial charge >= 0.3 is 11.8 Å². The van der Waals surface area contributed by atoms with Crippen LogP contribution in [0.2, 0.25) is 5.02 Å². The van der Waals surface area contributed by atoms with Crippen molar-refractivity contribution >= 4 is 35.3 Å². The summed E-state index contributed by atoms with van der Waals surface area (Å²) in [6, 6.07) is 13.8. The zero-order valence-electron chi connectivity index (χ0n) is 13.0.